The van der Waals surface area contributed by atoms with Crippen molar-refractivity contribution in [1.82, 2.24) is 14.3 Å². The van der Waals surface area contributed by atoms with Crippen LogP contribution in [0.1, 0.15) is 18.4 Å². The number of methoxy groups -OCH3 is 2. The first-order chi connectivity index (χ1) is 16.6. The summed E-state index contributed by atoms with van der Waals surface area (Å²) in [4.78, 5) is 12.8. The fourth-order valence-electron chi connectivity index (χ4n) is 3.82. The molecule has 192 valence electrons. The number of hydrogen-bond donors (Lipinski definition) is 2. The smallest absolute Gasteiger partial charge is 0.246 e. The molecule has 0 radical (unpaired) electrons. The molecule has 1 saturated heterocycles. The van der Waals surface area contributed by atoms with Crippen molar-refractivity contribution in [3.63, 3.8) is 0 Å². The van der Waals surface area contributed by atoms with Crippen LogP contribution in [0.25, 0.3) is 0 Å². The first-order valence-corrected chi connectivity index (χ1v) is 14.1. The number of piperidine rings is 1. The molecule has 1 heterocycles. The van der Waals surface area contributed by atoms with E-state index in [4.69, 9.17) is 9.47 Å². The topological polar surface area (TPSA) is 131 Å². The molecule has 2 N–H and O–H groups in total. The second-order valence-electron chi connectivity index (χ2n) is 8.22. The highest BCUT2D eigenvalue weighted by Gasteiger charge is 2.35. The van der Waals surface area contributed by atoms with Gasteiger partial charge in [0.05, 0.1) is 25.0 Å². The quantitative estimate of drug-likeness (QED) is 0.450. The minimum atomic E-state index is -3.93. The van der Waals surface area contributed by atoms with E-state index < -0.39 is 26.0 Å². The molecule has 1 fully saturated rings. The molecule has 1 atom stereocenters. The Morgan fingerprint density at radius 2 is 1.74 bits per heavy atom. The Labute approximate surface area is 206 Å². The molecule has 0 saturated carbocycles. The van der Waals surface area contributed by atoms with Crippen molar-refractivity contribution in [2.24, 2.45) is 5.92 Å². The van der Waals surface area contributed by atoms with Crippen molar-refractivity contribution >= 4 is 26.0 Å². The van der Waals surface area contributed by atoms with Crippen LogP contribution in [0.15, 0.2) is 52.3 Å². The maximum atomic E-state index is 13.3. The summed E-state index contributed by atoms with van der Waals surface area (Å²) in [6.07, 6.45) is 1.05. The highest BCUT2D eigenvalue weighted by molar-refractivity contribution is 7.89. The summed E-state index contributed by atoms with van der Waals surface area (Å²) in [5.41, 5.74) is 0.949. The third kappa shape index (κ3) is 6.51. The Hall–Kier alpha value is -2.67. The molecule has 1 amide bonds. The van der Waals surface area contributed by atoms with Crippen molar-refractivity contribution < 1.29 is 31.1 Å². The third-order valence-electron chi connectivity index (χ3n) is 5.79. The molecular weight excluding hydrogens is 494 g/mol. The summed E-state index contributed by atoms with van der Waals surface area (Å²) < 4.78 is 65.5. The fraction of sp³-hybridized carbons (Fsp3) is 0.435. The number of ether oxygens (including phenoxy) is 2. The van der Waals surface area contributed by atoms with E-state index in [-0.39, 0.29) is 47.6 Å². The van der Waals surface area contributed by atoms with Crippen molar-refractivity contribution in [3.8, 4) is 11.5 Å². The van der Waals surface area contributed by atoms with Gasteiger partial charge in [0.2, 0.25) is 26.0 Å². The maximum Gasteiger partial charge on any atom is 0.246 e. The lowest BCUT2D eigenvalue weighted by Gasteiger charge is -2.31. The van der Waals surface area contributed by atoms with Gasteiger partial charge in [-0.3, -0.25) is 4.79 Å². The average molecular weight is 526 g/mol. The van der Waals surface area contributed by atoms with Crippen molar-refractivity contribution in [2.75, 3.05) is 40.4 Å². The fourth-order valence-corrected chi connectivity index (χ4v) is 6.54. The van der Waals surface area contributed by atoms with Gasteiger partial charge in [0, 0.05) is 32.2 Å². The van der Waals surface area contributed by atoms with E-state index in [1.54, 1.807) is 18.2 Å². The van der Waals surface area contributed by atoms with E-state index in [1.165, 1.54) is 42.8 Å². The monoisotopic (exact) mass is 525 g/mol. The Morgan fingerprint density at radius 1 is 1.03 bits per heavy atom. The van der Waals surface area contributed by atoms with Crippen LogP contribution in [0, 0.1) is 12.8 Å². The summed E-state index contributed by atoms with van der Waals surface area (Å²) in [6, 6.07) is 11.0. The molecule has 1 aliphatic rings. The van der Waals surface area contributed by atoms with Crippen LogP contribution < -0.4 is 19.5 Å². The number of carbonyl (C=O) groups is 1. The molecule has 3 rings (SSSR count). The summed E-state index contributed by atoms with van der Waals surface area (Å²) >= 11 is 0. The van der Waals surface area contributed by atoms with Crippen LogP contribution in [0.3, 0.4) is 0 Å². The number of rotatable bonds is 10. The first kappa shape index (κ1) is 26.9. The standard InChI is InChI=1S/C23H31N3O7S2/c1-17-6-9-20(10-7-17)34(28,29)25-13-12-24-23(27)18-5-4-14-26(16-18)35(30,31)22-15-19(32-2)8-11-21(22)33-3/h6-11,15,18,25H,4-5,12-14,16H2,1-3H3,(H,24,27)/t18-/m0/s1. The Morgan fingerprint density at radius 3 is 2.40 bits per heavy atom. The van der Waals surface area contributed by atoms with Gasteiger partial charge in [0.1, 0.15) is 16.4 Å². The van der Waals surface area contributed by atoms with Gasteiger partial charge in [-0.15, -0.1) is 0 Å². The summed E-state index contributed by atoms with van der Waals surface area (Å²) in [7, 11) is -4.77. The van der Waals surface area contributed by atoms with E-state index in [0.29, 0.717) is 18.6 Å². The minimum absolute atomic E-state index is 0.0116. The molecule has 2 aromatic rings. The predicted octanol–water partition coefficient (Wildman–Crippen LogP) is 1.51. The van der Waals surface area contributed by atoms with Gasteiger partial charge < -0.3 is 14.8 Å². The highest BCUT2D eigenvalue weighted by atomic mass is 32.2. The molecule has 2 aromatic carbocycles. The number of nitrogens with one attached hydrogen (secondary N) is 2. The summed E-state index contributed by atoms with van der Waals surface area (Å²) in [5, 5.41) is 2.71. The van der Waals surface area contributed by atoms with Gasteiger partial charge in [-0.25, -0.2) is 21.6 Å². The predicted molar refractivity (Wildman–Crippen MR) is 130 cm³/mol. The largest absolute Gasteiger partial charge is 0.497 e. The molecule has 0 unspecified atom stereocenters. The average Bonchev–Trinajstić information content (AvgIpc) is 2.86. The zero-order valence-electron chi connectivity index (χ0n) is 20.0. The molecular formula is C23H31N3O7S2. The van der Waals surface area contributed by atoms with Crippen LogP contribution in [-0.4, -0.2) is 67.4 Å². The third-order valence-corrected chi connectivity index (χ3v) is 9.15. The van der Waals surface area contributed by atoms with Crippen LogP contribution in [0.5, 0.6) is 11.5 Å². The molecule has 12 heteroatoms. The molecule has 0 aromatic heterocycles. The molecule has 0 spiro atoms. The Bertz CT molecular complexity index is 1250. The normalized spacial score (nSPS) is 17.1. The molecule has 0 bridgehead atoms. The van der Waals surface area contributed by atoms with E-state index in [9.17, 15) is 21.6 Å². The van der Waals surface area contributed by atoms with Crippen molar-refractivity contribution in [2.45, 2.75) is 29.6 Å². The lowest BCUT2D eigenvalue weighted by molar-refractivity contribution is -0.126. The second kappa shape index (κ2) is 11.4. The number of carbonyl (C=O) groups excluding carboxylic acids is 1. The summed E-state index contributed by atoms with van der Waals surface area (Å²) in [6.45, 7) is 2.26. The van der Waals surface area contributed by atoms with Gasteiger partial charge in [0.25, 0.3) is 0 Å². The number of benzene rings is 2. The number of aryl methyl sites for hydroxylation is 1. The maximum absolute atomic E-state index is 13.3. The molecule has 35 heavy (non-hydrogen) atoms. The Balaban J connectivity index is 1.59. The number of amides is 1. The van der Waals surface area contributed by atoms with Gasteiger partial charge in [0.15, 0.2) is 0 Å². The van der Waals surface area contributed by atoms with Crippen LogP contribution in [0.2, 0.25) is 0 Å². The summed E-state index contributed by atoms with van der Waals surface area (Å²) in [5.74, 6) is -0.303. The van der Waals surface area contributed by atoms with E-state index in [2.05, 4.69) is 10.0 Å². The molecule has 0 aliphatic carbocycles. The van der Waals surface area contributed by atoms with E-state index >= 15 is 0 Å². The SMILES string of the molecule is COc1ccc(OC)c(S(=O)(=O)N2CCC[C@H](C(=O)NCCNS(=O)(=O)c3ccc(C)cc3)C2)c1. The van der Waals surface area contributed by atoms with Gasteiger partial charge in [-0.1, -0.05) is 17.7 Å². The van der Waals surface area contributed by atoms with Crippen LogP contribution in [-0.2, 0) is 24.8 Å². The van der Waals surface area contributed by atoms with Gasteiger partial charge in [-0.2, -0.15) is 4.31 Å². The molecule has 1 aliphatic heterocycles. The zero-order chi connectivity index (χ0) is 25.6. The number of hydrogen-bond acceptors (Lipinski definition) is 7. The van der Waals surface area contributed by atoms with Crippen LogP contribution in [0.4, 0.5) is 0 Å². The number of sulfonamides is 2. The Kier molecular flexibility index (Phi) is 8.75. The number of nitrogens with zero attached hydrogens (tertiary/aromatic N) is 1. The lowest BCUT2D eigenvalue weighted by atomic mass is 9.99. The van der Waals surface area contributed by atoms with E-state index in [1.807, 2.05) is 6.92 Å². The lowest BCUT2D eigenvalue weighted by Crippen LogP contribution is -2.46. The van der Waals surface area contributed by atoms with Crippen LogP contribution >= 0.6 is 0 Å². The first-order valence-electron chi connectivity index (χ1n) is 11.1. The van der Waals surface area contributed by atoms with E-state index in [0.717, 1.165) is 5.56 Å². The highest BCUT2D eigenvalue weighted by Crippen LogP contribution is 2.32. The molecule has 10 nitrogen and oxygen atoms in total. The van der Waals surface area contributed by atoms with Gasteiger partial charge in [-0.05, 0) is 44.0 Å². The minimum Gasteiger partial charge on any atom is -0.497 e. The van der Waals surface area contributed by atoms with Crippen molar-refractivity contribution in [1.29, 1.82) is 0 Å². The zero-order valence-corrected chi connectivity index (χ0v) is 21.6. The van der Waals surface area contributed by atoms with Gasteiger partial charge >= 0.3 is 0 Å². The van der Waals surface area contributed by atoms with Crippen molar-refractivity contribution in [3.05, 3.63) is 48.0 Å². The second-order valence-corrected chi connectivity index (χ2v) is 11.9.